The van der Waals surface area contributed by atoms with Gasteiger partial charge in [0.2, 0.25) is 0 Å². The number of carbonyl (C=O) groups excluding carboxylic acids is 1. The van der Waals surface area contributed by atoms with Crippen molar-refractivity contribution in [2.24, 2.45) is 5.73 Å². The summed E-state index contributed by atoms with van der Waals surface area (Å²) in [4.78, 5) is 14.3. The van der Waals surface area contributed by atoms with Gasteiger partial charge in [-0.25, -0.2) is 4.79 Å². The molecule has 2 amide bonds. The summed E-state index contributed by atoms with van der Waals surface area (Å²) in [5, 5.41) is 2.91. The van der Waals surface area contributed by atoms with E-state index in [4.69, 9.17) is 18.0 Å². The smallest absolute Gasteiger partial charge is 0.321 e. The molecule has 1 aromatic rings. The van der Waals surface area contributed by atoms with E-state index in [1.165, 1.54) is 0 Å². The Morgan fingerprint density at radius 3 is 2.63 bits per heavy atom. The second kappa shape index (κ2) is 8.48. The van der Waals surface area contributed by atoms with Crippen molar-refractivity contribution in [1.82, 2.24) is 5.32 Å². The summed E-state index contributed by atoms with van der Waals surface area (Å²) in [5.74, 6) is 0. The van der Waals surface area contributed by atoms with E-state index in [1.807, 2.05) is 30.3 Å². The molecule has 0 aliphatic heterocycles. The van der Waals surface area contributed by atoms with Crippen molar-refractivity contribution in [3.05, 3.63) is 30.3 Å². The van der Waals surface area contributed by atoms with Gasteiger partial charge in [-0.15, -0.1) is 0 Å². The second-order valence-electron chi connectivity index (χ2n) is 4.29. The van der Waals surface area contributed by atoms with Crippen molar-refractivity contribution in [3.8, 4) is 0 Å². The zero-order valence-electron chi connectivity index (χ0n) is 11.3. The third kappa shape index (κ3) is 5.70. The molecule has 0 spiro atoms. The average Bonchev–Trinajstić information content (AvgIpc) is 2.40. The van der Waals surface area contributed by atoms with E-state index in [2.05, 4.69) is 12.2 Å². The molecule has 0 radical (unpaired) electrons. The number of urea groups is 1. The molecular weight excluding hydrogens is 258 g/mol. The molecule has 0 saturated heterocycles. The molecule has 0 fully saturated rings. The lowest BCUT2D eigenvalue weighted by Crippen LogP contribution is -2.41. The molecule has 4 nitrogen and oxygen atoms in total. The Morgan fingerprint density at radius 2 is 2.05 bits per heavy atom. The van der Waals surface area contributed by atoms with Crippen molar-refractivity contribution in [2.75, 3.05) is 18.0 Å². The number of nitrogens with one attached hydrogen (secondary N) is 1. The van der Waals surface area contributed by atoms with E-state index in [9.17, 15) is 4.79 Å². The maximum atomic E-state index is 12.2. The molecule has 0 aliphatic rings. The SMILES string of the molecule is CCCCNC(=O)N(CCC(N)=S)c1ccccc1. The molecule has 0 unspecified atom stereocenters. The third-order valence-electron chi connectivity index (χ3n) is 2.70. The van der Waals surface area contributed by atoms with Crippen LogP contribution in [0.5, 0.6) is 0 Å². The van der Waals surface area contributed by atoms with Gasteiger partial charge < -0.3 is 11.1 Å². The van der Waals surface area contributed by atoms with E-state index < -0.39 is 0 Å². The van der Waals surface area contributed by atoms with Gasteiger partial charge in [-0.1, -0.05) is 43.8 Å². The van der Waals surface area contributed by atoms with Gasteiger partial charge in [0, 0.05) is 25.2 Å². The van der Waals surface area contributed by atoms with Gasteiger partial charge in [0.15, 0.2) is 0 Å². The highest BCUT2D eigenvalue weighted by Crippen LogP contribution is 2.13. The molecule has 1 aromatic carbocycles. The fourth-order valence-electron chi connectivity index (χ4n) is 1.65. The van der Waals surface area contributed by atoms with Crippen molar-refractivity contribution in [2.45, 2.75) is 26.2 Å². The summed E-state index contributed by atoms with van der Waals surface area (Å²) in [6.07, 6.45) is 2.55. The van der Waals surface area contributed by atoms with Crippen LogP contribution >= 0.6 is 12.2 Å². The molecule has 0 atom stereocenters. The van der Waals surface area contributed by atoms with Gasteiger partial charge in [-0.3, -0.25) is 4.90 Å². The second-order valence-corrected chi connectivity index (χ2v) is 4.81. The number of rotatable bonds is 7. The van der Waals surface area contributed by atoms with Crippen molar-refractivity contribution >= 4 is 28.9 Å². The summed E-state index contributed by atoms with van der Waals surface area (Å²) < 4.78 is 0. The van der Waals surface area contributed by atoms with E-state index in [1.54, 1.807) is 4.90 Å². The Morgan fingerprint density at radius 1 is 1.37 bits per heavy atom. The van der Waals surface area contributed by atoms with Crippen molar-refractivity contribution < 1.29 is 4.79 Å². The topological polar surface area (TPSA) is 58.4 Å². The van der Waals surface area contributed by atoms with Gasteiger partial charge in [-0.05, 0) is 18.6 Å². The molecule has 0 aromatic heterocycles. The summed E-state index contributed by atoms with van der Waals surface area (Å²) in [6, 6.07) is 9.43. The predicted molar refractivity (Wildman–Crippen MR) is 83.5 cm³/mol. The fraction of sp³-hybridized carbons (Fsp3) is 0.429. The van der Waals surface area contributed by atoms with Gasteiger partial charge >= 0.3 is 6.03 Å². The molecule has 19 heavy (non-hydrogen) atoms. The van der Waals surface area contributed by atoms with Crippen molar-refractivity contribution in [1.29, 1.82) is 0 Å². The van der Waals surface area contributed by atoms with Crippen LogP contribution in [0.1, 0.15) is 26.2 Å². The van der Waals surface area contributed by atoms with Gasteiger partial charge in [-0.2, -0.15) is 0 Å². The van der Waals surface area contributed by atoms with Crippen LogP contribution in [0.4, 0.5) is 10.5 Å². The zero-order valence-corrected chi connectivity index (χ0v) is 12.1. The van der Waals surface area contributed by atoms with Crippen LogP contribution in [0.2, 0.25) is 0 Å². The van der Waals surface area contributed by atoms with Gasteiger partial charge in [0.25, 0.3) is 0 Å². The number of para-hydroxylation sites is 1. The van der Waals surface area contributed by atoms with E-state index in [0.717, 1.165) is 18.5 Å². The van der Waals surface area contributed by atoms with E-state index in [0.29, 0.717) is 24.5 Å². The maximum Gasteiger partial charge on any atom is 0.321 e. The number of carbonyl (C=O) groups is 1. The lowest BCUT2D eigenvalue weighted by atomic mass is 10.2. The quantitative estimate of drug-likeness (QED) is 0.596. The number of thiocarbonyl (C=S) groups is 1. The first-order valence-corrected chi connectivity index (χ1v) is 6.94. The average molecular weight is 279 g/mol. The van der Waals surface area contributed by atoms with E-state index in [-0.39, 0.29) is 6.03 Å². The first-order chi connectivity index (χ1) is 9.15. The molecule has 5 heteroatoms. The Labute approximate surface area is 120 Å². The minimum Gasteiger partial charge on any atom is -0.393 e. The predicted octanol–water partition coefficient (Wildman–Crippen LogP) is 2.68. The summed E-state index contributed by atoms with van der Waals surface area (Å²) in [6.45, 7) is 3.27. The number of anilines is 1. The lowest BCUT2D eigenvalue weighted by Gasteiger charge is -2.23. The van der Waals surface area contributed by atoms with Crippen LogP contribution in [0.3, 0.4) is 0 Å². The van der Waals surface area contributed by atoms with Crippen LogP contribution in [0, 0.1) is 0 Å². The summed E-state index contributed by atoms with van der Waals surface area (Å²) >= 11 is 4.88. The number of unbranched alkanes of at least 4 members (excludes halogenated alkanes) is 1. The summed E-state index contributed by atoms with van der Waals surface area (Å²) in [7, 11) is 0. The first-order valence-electron chi connectivity index (χ1n) is 6.54. The molecule has 0 heterocycles. The maximum absolute atomic E-state index is 12.2. The molecule has 3 N–H and O–H groups in total. The Hall–Kier alpha value is -1.62. The highest BCUT2D eigenvalue weighted by atomic mass is 32.1. The fourth-order valence-corrected chi connectivity index (χ4v) is 1.74. The first kappa shape index (κ1) is 15.4. The van der Waals surface area contributed by atoms with Crippen LogP contribution in [0.25, 0.3) is 0 Å². The number of hydrogen-bond donors (Lipinski definition) is 2. The standard InChI is InChI=1S/C14H21N3OS/c1-2-3-10-16-14(18)17(11-9-13(15)19)12-7-5-4-6-8-12/h4-8H,2-3,9-11H2,1H3,(H2,15,19)(H,16,18). The van der Waals surface area contributed by atoms with E-state index >= 15 is 0 Å². The van der Waals surface area contributed by atoms with Gasteiger partial charge in [0.05, 0.1) is 4.99 Å². The third-order valence-corrected chi connectivity index (χ3v) is 2.91. The molecule has 0 aliphatic carbocycles. The van der Waals surface area contributed by atoms with Crippen LogP contribution < -0.4 is 16.0 Å². The molecule has 1 rings (SSSR count). The Balaban J connectivity index is 2.69. The number of amides is 2. The molecule has 0 saturated carbocycles. The Kier molecular flexibility index (Phi) is 6.89. The molecule has 0 bridgehead atoms. The van der Waals surface area contributed by atoms with Gasteiger partial charge in [0.1, 0.15) is 0 Å². The molecule has 104 valence electrons. The highest BCUT2D eigenvalue weighted by Gasteiger charge is 2.14. The van der Waals surface area contributed by atoms with Crippen LogP contribution in [0.15, 0.2) is 30.3 Å². The normalized spacial score (nSPS) is 9.95. The Bertz CT molecular complexity index is 408. The zero-order chi connectivity index (χ0) is 14.1. The summed E-state index contributed by atoms with van der Waals surface area (Å²) in [5.41, 5.74) is 6.37. The number of benzene rings is 1. The van der Waals surface area contributed by atoms with Crippen LogP contribution in [-0.2, 0) is 0 Å². The highest BCUT2D eigenvalue weighted by molar-refractivity contribution is 7.80. The number of hydrogen-bond acceptors (Lipinski definition) is 2. The number of nitrogens with zero attached hydrogens (tertiary/aromatic N) is 1. The number of nitrogens with two attached hydrogens (primary N) is 1. The monoisotopic (exact) mass is 279 g/mol. The minimum absolute atomic E-state index is 0.101. The van der Waals surface area contributed by atoms with Crippen LogP contribution in [-0.4, -0.2) is 24.1 Å². The lowest BCUT2D eigenvalue weighted by molar-refractivity contribution is 0.246. The minimum atomic E-state index is -0.101. The van der Waals surface area contributed by atoms with Crippen molar-refractivity contribution in [3.63, 3.8) is 0 Å². The largest absolute Gasteiger partial charge is 0.393 e. The molecular formula is C14H21N3OS.